The van der Waals surface area contributed by atoms with Gasteiger partial charge in [0.15, 0.2) is 0 Å². The van der Waals surface area contributed by atoms with Crippen LogP contribution in [-0.2, 0) is 10.3 Å². The van der Waals surface area contributed by atoms with Crippen molar-refractivity contribution in [2.45, 2.75) is 58.0 Å². The minimum Gasteiger partial charge on any atom is -0.362 e. The van der Waals surface area contributed by atoms with Crippen molar-refractivity contribution in [3.05, 3.63) is 46.6 Å². The zero-order chi connectivity index (χ0) is 21.9. The van der Waals surface area contributed by atoms with Crippen LogP contribution < -0.4 is 15.5 Å². The number of carbonyl (C=O) groups excluding carboxylic acids is 1. The second-order valence-corrected chi connectivity index (χ2v) is 9.35. The summed E-state index contributed by atoms with van der Waals surface area (Å²) in [5, 5.41) is 7.37. The number of nitrogens with zero attached hydrogens (tertiary/aromatic N) is 3. The van der Waals surface area contributed by atoms with Gasteiger partial charge in [0.05, 0.1) is 5.54 Å². The van der Waals surface area contributed by atoms with Crippen LogP contribution >= 0.6 is 11.6 Å². The van der Waals surface area contributed by atoms with Crippen LogP contribution in [0.3, 0.4) is 0 Å². The highest BCUT2D eigenvalue weighted by atomic mass is 35.5. The number of hydrogen-bond donors (Lipinski definition) is 2. The summed E-state index contributed by atoms with van der Waals surface area (Å²) < 4.78 is 0. The van der Waals surface area contributed by atoms with E-state index in [1.165, 1.54) is 0 Å². The van der Waals surface area contributed by atoms with E-state index in [1.54, 1.807) is 0 Å². The summed E-state index contributed by atoms with van der Waals surface area (Å²) in [6.45, 7) is 6.06. The summed E-state index contributed by atoms with van der Waals surface area (Å²) in [5.41, 5.74) is 1.66. The van der Waals surface area contributed by atoms with Gasteiger partial charge in [0.2, 0.25) is 11.9 Å². The Kier molecular flexibility index (Phi) is 6.86. The van der Waals surface area contributed by atoms with Gasteiger partial charge in [-0.15, -0.1) is 0 Å². The molecule has 0 saturated heterocycles. The molecule has 2 N–H and O–H groups in total. The summed E-state index contributed by atoms with van der Waals surface area (Å²) in [7, 11) is 3.96. The van der Waals surface area contributed by atoms with Gasteiger partial charge in [-0.1, -0.05) is 23.7 Å². The largest absolute Gasteiger partial charge is 0.362 e. The molecule has 6 nitrogen and oxygen atoms in total. The van der Waals surface area contributed by atoms with Crippen molar-refractivity contribution in [2.24, 2.45) is 5.92 Å². The number of hydrogen-bond acceptors (Lipinski definition) is 5. The highest BCUT2D eigenvalue weighted by Crippen LogP contribution is 2.29. The number of halogens is 1. The first-order chi connectivity index (χ1) is 14.2. The molecule has 1 fully saturated rings. The molecule has 7 heteroatoms. The molecule has 0 aliphatic heterocycles. The van der Waals surface area contributed by atoms with E-state index in [0.29, 0.717) is 11.0 Å². The van der Waals surface area contributed by atoms with Crippen LogP contribution in [0.2, 0.25) is 5.02 Å². The van der Waals surface area contributed by atoms with E-state index in [1.807, 2.05) is 70.2 Å². The number of carbonyl (C=O) groups is 1. The fourth-order valence-electron chi connectivity index (χ4n) is 3.99. The topological polar surface area (TPSA) is 70.1 Å². The van der Waals surface area contributed by atoms with Gasteiger partial charge in [-0.3, -0.25) is 4.79 Å². The van der Waals surface area contributed by atoms with Crippen LogP contribution in [0.25, 0.3) is 0 Å². The molecule has 1 saturated carbocycles. The molecular formula is C23H32ClN5O. The molecule has 1 aromatic carbocycles. The summed E-state index contributed by atoms with van der Waals surface area (Å²) in [6, 6.07) is 7.93. The number of anilines is 2. The monoisotopic (exact) mass is 429 g/mol. The Morgan fingerprint density at radius 3 is 2.37 bits per heavy atom. The molecule has 162 valence electrons. The number of aryl methyl sites for hydroxylation is 1. The second-order valence-electron chi connectivity index (χ2n) is 8.91. The van der Waals surface area contributed by atoms with E-state index in [2.05, 4.69) is 20.6 Å². The van der Waals surface area contributed by atoms with Gasteiger partial charge in [0, 0.05) is 42.8 Å². The quantitative estimate of drug-likeness (QED) is 0.706. The Balaban J connectivity index is 1.54. The average molecular weight is 430 g/mol. The molecule has 2 aromatic rings. The lowest BCUT2D eigenvalue weighted by atomic mass is 9.84. The van der Waals surface area contributed by atoms with Crippen molar-refractivity contribution in [3.8, 4) is 0 Å². The summed E-state index contributed by atoms with van der Waals surface area (Å²) in [4.78, 5) is 23.9. The van der Waals surface area contributed by atoms with Gasteiger partial charge >= 0.3 is 0 Å². The highest BCUT2D eigenvalue weighted by molar-refractivity contribution is 6.30. The minimum atomic E-state index is -0.435. The van der Waals surface area contributed by atoms with E-state index in [-0.39, 0.29) is 17.9 Å². The van der Waals surface area contributed by atoms with Crippen molar-refractivity contribution in [1.82, 2.24) is 15.3 Å². The van der Waals surface area contributed by atoms with E-state index in [4.69, 9.17) is 11.6 Å². The molecule has 3 rings (SSSR count). The van der Waals surface area contributed by atoms with E-state index < -0.39 is 5.54 Å². The highest BCUT2D eigenvalue weighted by Gasteiger charge is 2.31. The summed E-state index contributed by atoms with van der Waals surface area (Å²) in [5.74, 6) is 1.73. The number of benzene rings is 1. The van der Waals surface area contributed by atoms with Gasteiger partial charge in [-0.2, -0.15) is 4.98 Å². The third-order valence-corrected chi connectivity index (χ3v) is 6.05. The number of amides is 1. The molecule has 0 atom stereocenters. The zero-order valence-electron chi connectivity index (χ0n) is 18.5. The predicted octanol–water partition coefficient (Wildman–Crippen LogP) is 4.53. The Morgan fingerprint density at radius 2 is 1.77 bits per heavy atom. The number of aromatic nitrogens is 2. The minimum absolute atomic E-state index is 0.0332. The van der Waals surface area contributed by atoms with E-state index >= 15 is 0 Å². The van der Waals surface area contributed by atoms with Gasteiger partial charge < -0.3 is 15.5 Å². The van der Waals surface area contributed by atoms with Gasteiger partial charge in [0.1, 0.15) is 5.82 Å². The van der Waals surface area contributed by atoms with Crippen LogP contribution in [0.4, 0.5) is 11.8 Å². The van der Waals surface area contributed by atoms with E-state index in [0.717, 1.165) is 42.6 Å². The predicted molar refractivity (Wildman–Crippen MR) is 123 cm³/mol. The molecule has 1 aliphatic rings. The Labute approximate surface area is 184 Å². The number of rotatable bonds is 6. The lowest BCUT2D eigenvalue weighted by Crippen LogP contribution is -2.45. The first-order valence-corrected chi connectivity index (χ1v) is 10.9. The van der Waals surface area contributed by atoms with Gasteiger partial charge in [0.25, 0.3) is 0 Å². The molecule has 1 aromatic heterocycles. The average Bonchev–Trinajstić information content (AvgIpc) is 2.69. The fraction of sp³-hybridized carbons (Fsp3) is 0.522. The van der Waals surface area contributed by atoms with E-state index in [9.17, 15) is 4.79 Å². The van der Waals surface area contributed by atoms with Crippen LogP contribution in [0.15, 0.2) is 30.5 Å². The molecule has 1 heterocycles. The van der Waals surface area contributed by atoms with Gasteiger partial charge in [-0.25, -0.2) is 4.98 Å². The lowest BCUT2D eigenvalue weighted by Gasteiger charge is -2.33. The first-order valence-electron chi connectivity index (χ1n) is 10.5. The third kappa shape index (κ3) is 5.42. The van der Waals surface area contributed by atoms with Crippen LogP contribution in [0.5, 0.6) is 0 Å². The lowest BCUT2D eigenvalue weighted by molar-refractivity contribution is -0.127. The summed E-state index contributed by atoms with van der Waals surface area (Å²) >= 11 is 5.99. The SMILES string of the molecule is Cc1cnc(N[C@H]2CC[C@@H](C(=O)NC(C)(C)c3ccc(Cl)cc3)CC2)nc1N(C)C. The Hall–Kier alpha value is -2.34. The van der Waals surface area contributed by atoms with Crippen LogP contribution in [0.1, 0.15) is 50.7 Å². The maximum atomic E-state index is 12.9. The fourth-order valence-corrected chi connectivity index (χ4v) is 4.11. The van der Waals surface area contributed by atoms with Crippen molar-refractivity contribution in [1.29, 1.82) is 0 Å². The maximum Gasteiger partial charge on any atom is 0.224 e. The standard InChI is InChI=1S/C23H32ClN5O/c1-15-14-25-22(27-20(15)29(4)5)26-19-12-6-16(7-13-19)21(30)28-23(2,3)17-8-10-18(24)11-9-17/h8-11,14,16,19H,6-7,12-13H2,1-5H3,(H,28,30)(H,25,26,27)/t16-,19+. The molecular weight excluding hydrogens is 398 g/mol. The molecule has 0 unspecified atom stereocenters. The van der Waals surface area contributed by atoms with Crippen molar-refractivity contribution >= 4 is 29.3 Å². The zero-order valence-corrected chi connectivity index (χ0v) is 19.3. The second kappa shape index (κ2) is 9.21. The number of nitrogens with one attached hydrogen (secondary N) is 2. The van der Waals surface area contributed by atoms with Gasteiger partial charge in [-0.05, 0) is 64.2 Å². The van der Waals surface area contributed by atoms with Crippen molar-refractivity contribution < 1.29 is 4.79 Å². The van der Waals surface area contributed by atoms with Crippen molar-refractivity contribution in [2.75, 3.05) is 24.3 Å². The van der Waals surface area contributed by atoms with Crippen LogP contribution in [0, 0.1) is 12.8 Å². The maximum absolute atomic E-state index is 12.9. The summed E-state index contributed by atoms with van der Waals surface area (Å²) in [6.07, 6.45) is 5.41. The van der Waals surface area contributed by atoms with Crippen LogP contribution in [-0.4, -0.2) is 36.0 Å². The smallest absolute Gasteiger partial charge is 0.224 e. The molecule has 0 radical (unpaired) electrons. The third-order valence-electron chi connectivity index (χ3n) is 5.80. The first kappa shape index (κ1) is 22.3. The molecule has 1 aliphatic carbocycles. The van der Waals surface area contributed by atoms with Crippen molar-refractivity contribution in [3.63, 3.8) is 0 Å². The molecule has 0 spiro atoms. The Morgan fingerprint density at radius 1 is 1.13 bits per heavy atom. The molecule has 0 bridgehead atoms. The normalized spacial score (nSPS) is 19.3. The Bertz CT molecular complexity index is 874. The molecule has 1 amide bonds. The molecule has 30 heavy (non-hydrogen) atoms.